The highest BCUT2D eigenvalue weighted by molar-refractivity contribution is 6.31. The highest BCUT2D eigenvalue weighted by atomic mass is 35.5. The number of benzene rings is 1. The average Bonchev–Trinajstić information content (AvgIpc) is 2.13. The molecule has 0 atom stereocenters. The summed E-state index contributed by atoms with van der Waals surface area (Å²) in [6.07, 6.45) is 0. The lowest BCUT2D eigenvalue weighted by Crippen LogP contribution is -2.37. The lowest BCUT2D eigenvalue weighted by Gasteiger charge is -2.30. The standard InChI is InChI=1S/C11H12ClNO/c1-11(2)6-13-9-4-3-7(12)5-8(9)10(11)14/h3-5,13H,6H2,1-2H3. The number of hydrogen-bond acceptors (Lipinski definition) is 2. The minimum Gasteiger partial charge on any atom is -0.383 e. The van der Waals surface area contributed by atoms with Crippen LogP contribution in [0, 0.1) is 5.41 Å². The molecule has 0 fully saturated rings. The van der Waals surface area contributed by atoms with Gasteiger partial charge in [0.15, 0.2) is 5.78 Å². The lowest BCUT2D eigenvalue weighted by atomic mass is 9.81. The van der Waals surface area contributed by atoms with E-state index in [1.165, 1.54) is 0 Å². The number of ketones is 1. The van der Waals surface area contributed by atoms with Gasteiger partial charge in [-0.15, -0.1) is 0 Å². The van der Waals surface area contributed by atoms with Gasteiger partial charge in [-0.25, -0.2) is 0 Å². The Morgan fingerprint density at radius 3 is 2.86 bits per heavy atom. The zero-order chi connectivity index (χ0) is 10.3. The largest absolute Gasteiger partial charge is 0.383 e. The van der Waals surface area contributed by atoms with Crippen LogP contribution in [-0.2, 0) is 0 Å². The minimum atomic E-state index is -0.336. The van der Waals surface area contributed by atoms with E-state index < -0.39 is 0 Å². The van der Waals surface area contributed by atoms with Crippen molar-refractivity contribution in [2.75, 3.05) is 11.9 Å². The summed E-state index contributed by atoms with van der Waals surface area (Å²) in [5.41, 5.74) is 1.25. The van der Waals surface area contributed by atoms with Crippen LogP contribution in [0.1, 0.15) is 24.2 Å². The second kappa shape index (κ2) is 2.99. The first-order valence-corrected chi connectivity index (χ1v) is 4.97. The topological polar surface area (TPSA) is 29.1 Å². The predicted molar refractivity (Wildman–Crippen MR) is 58.1 cm³/mol. The van der Waals surface area contributed by atoms with Crippen molar-refractivity contribution in [3.63, 3.8) is 0 Å². The van der Waals surface area contributed by atoms with Crippen LogP contribution >= 0.6 is 11.6 Å². The quantitative estimate of drug-likeness (QED) is 0.712. The van der Waals surface area contributed by atoms with Gasteiger partial charge in [0, 0.05) is 28.2 Å². The van der Waals surface area contributed by atoms with Crippen LogP contribution in [0.15, 0.2) is 18.2 Å². The second-order valence-corrected chi connectivity index (χ2v) is 4.69. The molecule has 0 radical (unpaired) electrons. The van der Waals surface area contributed by atoms with E-state index in [1.54, 1.807) is 12.1 Å². The monoisotopic (exact) mass is 209 g/mol. The van der Waals surface area contributed by atoms with E-state index in [4.69, 9.17) is 11.6 Å². The van der Waals surface area contributed by atoms with Crippen molar-refractivity contribution in [3.05, 3.63) is 28.8 Å². The fraction of sp³-hybridized carbons (Fsp3) is 0.364. The van der Waals surface area contributed by atoms with Gasteiger partial charge in [-0.1, -0.05) is 25.4 Å². The first-order valence-electron chi connectivity index (χ1n) is 4.59. The van der Waals surface area contributed by atoms with Crippen molar-refractivity contribution >= 4 is 23.1 Å². The molecule has 0 saturated heterocycles. The van der Waals surface area contributed by atoms with Crippen molar-refractivity contribution < 1.29 is 4.79 Å². The van der Waals surface area contributed by atoms with Gasteiger partial charge >= 0.3 is 0 Å². The molecule has 2 nitrogen and oxygen atoms in total. The third kappa shape index (κ3) is 1.40. The highest BCUT2D eigenvalue weighted by Gasteiger charge is 2.34. The van der Waals surface area contributed by atoms with Gasteiger partial charge in [-0.3, -0.25) is 4.79 Å². The molecule has 1 aromatic carbocycles. The molecule has 3 heteroatoms. The number of carbonyl (C=O) groups is 1. The maximum Gasteiger partial charge on any atom is 0.172 e. The average molecular weight is 210 g/mol. The predicted octanol–water partition coefficient (Wildman–Crippen LogP) is 2.97. The van der Waals surface area contributed by atoms with Crippen LogP contribution in [0.5, 0.6) is 0 Å². The van der Waals surface area contributed by atoms with Crippen molar-refractivity contribution in [1.29, 1.82) is 0 Å². The van der Waals surface area contributed by atoms with Crippen LogP contribution in [0.2, 0.25) is 5.02 Å². The Morgan fingerprint density at radius 1 is 1.43 bits per heavy atom. The molecule has 0 saturated carbocycles. The number of anilines is 1. The molecule has 0 spiro atoms. The van der Waals surface area contributed by atoms with Gasteiger partial charge in [-0.2, -0.15) is 0 Å². The Bertz CT molecular complexity index is 398. The Hall–Kier alpha value is -1.02. The molecule has 0 aromatic heterocycles. The van der Waals surface area contributed by atoms with Crippen LogP contribution in [0.4, 0.5) is 5.69 Å². The first-order chi connectivity index (χ1) is 6.50. The second-order valence-electron chi connectivity index (χ2n) is 4.26. The molecule has 2 rings (SSSR count). The summed E-state index contributed by atoms with van der Waals surface area (Å²) in [4.78, 5) is 12.0. The normalized spacial score (nSPS) is 18.6. The maximum atomic E-state index is 12.0. The number of nitrogens with one attached hydrogen (secondary N) is 1. The van der Waals surface area contributed by atoms with E-state index in [-0.39, 0.29) is 11.2 Å². The molecule has 0 bridgehead atoms. The van der Waals surface area contributed by atoms with Gasteiger partial charge in [0.25, 0.3) is 0 Å². The molecule has 14 heavy (non-hydrogen) atoms. The third-order valence-electron chi connectivity index (χ3n) is 2.56. The van der Waals surface area contributed by atoms with Crippen LogP contribution in [0.25, 0.3) is 0 Å². The first kappa shape index (κ1) is 9.53. The van der Waals surface area contributed by atoms with Gasteiger partial charge in [0.05, 0.1) is 0 Å². The van der Waals surface area contributed by atoms with Crippen LogP contribution in [0.3, 0.4) is 0 Å². The Kier molecular flexibility index (Phi) is 2.04. The van der Waals surface area contributed by atoms with Crippen LogP contribution < -0.4 is 5.32 Å². The minimum absolute atomic E-state index is 0.161. The van der Waals surface area contributed by atoms with Gasteiger partial charge in [0.2, 0.25) is 0 Å². The summed E-state index contributed by atoms with van der Waals surface area (Å²) < 4.78 is 0. The zero-order valence-corrected chi connectivity index (χ0v) is 8.98. The number of Topliss-reactive ketones (excluding diaryl/α,β-unsaturated/α-hetero) is 1. The van der Waals surface area contributed by atoms with Gasteiger partial charge in [-0.05, 0) is 18.2 Å². The number of halogens is 1. The molecular formula is C11H12ClNO. The van der Waals surface area contributed by atoms with Crippen molar-refractivity contribution in [2.24, 2.45) is 5.41 Å². The smallest absolute Gasteiger partial charge is 0.172 e. The highest BCUT2D eigenvalue weighted by Crippen LogP contribution is 2.33. The summed E-state index contributed by atoms with van der Waals surface area (Å²) in [5.74, 6) is 0.161. The molecule has 0 amide bonds. The van der Waals surface area contributed by atoms with Crippen molar-refractivity contribution in [3.8, 4) is 0 Å². The van der Waals surface area contributed by atoms with E-state index in [0.29, 0.717) is 17.1 Å². The van der Waals surface area contributed by atoms with E-state index in [1.807, 2.05) is 19.9 Å². The number of fused-ring (bicyclic) bond motifs is 1. The molecule has 74 valence electrons. The summed E-state index contributed by atoms with van der Waals surface area (Å²) in [7, 11) is 0. The Morgan fingerprint density at radius 2 is 2.14 bits per heavy atom. The molecule has 1 aromatic rings. The molecule has 0 aliphatic carbocycles. The molecule has 0 unspecified atom stereocenters. The number of rotatable bonds is 0. The van der Waals surface area contributed by atoms with E-state index >= 15 is 0 Å². The van der Waals surface area contributed by atoms with Crippen molar-refractivity contribution in [2.45, 2.75) is 13.8 Å². The fourth-order valence-electron chi connectivity index (χ4n) is 1.62. The number of hydrogen-bond donors (Lipinski definition) is 1. The van der Waals surface area contributed by atoms with Crippen molar-refractivity contribution in [1.82, 2.24) is 0 Å². The molecule has 1 aliphatic rings. The third-order valence-corrected chi connectivity index (χ3v) is 2.80. The summed E-state index contributed by atoms with van der Waals surface area (Å²) in [6, 6.07) is 5.37. The maximum absolute atomic E-state index is 12.0. The van der Waals surface area contributed by atoms with E-state index in [0.717, 1.165) is 5.69 Å². The summed E-state index contributed by atoms with van der Waals surface area (Å²) >= 11 is 5.86. The van der Waals surface area contributed by atoms with Gasteiger partial charge in [0.1, 0.15) is 0 Å². The zero-order valence-electron chi connectivity index (χ0n) is 8.23. The number of carbonyl (C=O) groups excluding carboxylic acids is 1. The Balaban J connectivity index is 2.54. The fourth-order valence-corrected chi connectivity index (χ4v) is 1.79. The Labute approximate surface area is 88.3 Å². The lowest BCUT2D eigenvalue weighted by molar-refractivity contribution is 0.0845. The SMILES string of the molecule is CC1(C)CNc2ccc(Cl)cc2C1=O. The van der Waals surface area contributed by atoms with E-state index in [2.05, 4.69) is 5.32 Å². The summed E-state index contributed by atoms with van der Waals surface area (Å²) in [6.45, 7) is 4.55. The van der Waals surface area contributed by atoms with Crippen LogP contribution in [-0.4, -0.2) is 12.3 Å². The molecule has 1 N–H and O–H groups in total. The molecule has 1 heterocycles. The molecular weight excluding hydrogens is 198 g/mol. The molecule has 1 aliphatic heterocycles. The van der Waals surface area contributed by atoms with Gasteiger partial charge < -0.3 is 5.32 Å². The summed E-state index contributed by atoms with van der Waals surface area (Å²) in [5, 5.41) is 3.84. The van der Waals surface area contributed by atoms with E-state index in [9.17, 15) is 4.79 Å².